The monoisotopic (exact) mass is 272 g/mol. The predicted octanol–water partition coefficient (Wildman–Crippen LogP) is 1.26. The fourth-order valence-corrected chi connectivity index (χ4v) is 2.25. The molecule has 1 N–H and O–H groups in total. The molecule has 6 nitrogen and oxygen atoms in total. The number of hydrogen-bond donors (Lipinski definition) is 1. The molecule has 0 spiro atoms. The van der Waals surface area contributed by atoms with Gasteiger partial charge in [-0.3, -0.25) is 4.79 Å². The fourth-order valence-electron chi connectivity index (χ4n) is 2.25. The van der Waals surface area contributed by atoms with Crippen LogP contribution in [0.2, 0.25) is 0 Å². The highest BCUT2D eigenvalue weighted by Crippen LogP contribution is 2.15. The molecule has 0 radical (unpaired) electrons. The molecule has 1 saturated heterocycles. The Morgan fingerprint density at radius 3 is 2.58 bits per heavy atom. The van der Waals surface area contributed by atoms with Gasteiger partial charge >= 0.3 is 12.0 Å². The van der Waals surface area contributed by atoms with Gasteiger partial charge in [-0.1, -0.05) is 0 Å². The molecule has 1 heterocycles. The van der Waals surface area contributed by atoms with Crippen molar-refractivity contribution in [1.29, 1.82) is 0 Å². The number of carboxylic acids is 1. The van der Waals surface area contributed by atoms with Gasteiger partial charge in [0.15, 0.2) is 0 Å². The maximum Gasteiger partial charge on any atom is 0.323 e. The van der Waals surface area contributed by atoms with E-state index in [1.807, 2.05) is 13.8 Å². The van der Waals surface area contributed by atoms with Gasteiger partial charge in [0.25, 0.3) is 0 Å². The Morgan fingerprint density at radius 1 is 1.42 bits per heavy atom. The van der Waals surface area contributed by atoms with Gasteiger partial charge in [0.05, 0.1) is 6.61 Å². The second-order valence-electron chi connectivity index (χ2n) is 5.36. The summed E-state index contributed by atoms with van der Waals surface area (Å²) < 4.78 is 5.39. The lowest BCUT2D eigenvalue weighted by molar-refractivity contribution is -0.138. The molecule has 0 aliphatic carbocycles. The molecule has 1 rings (SSSR count). The summed E-state index contributed by atoms with van der Waals surface area (Å²) in [6.07, 6.45) is 2.08. The topological polar surface area (TPSA) is 70.1 Å². The van der Waals surface area contributed by atoms with Crippen LogP contribution in [-0.4, -0.2) is 66.3 Å². The fraction of sp³-hybridized carbons (Fsp3) is 0.846. The molecule has 1 fully saturated rings. The van der Waals surface area contributed by atoms with Crippen molar-refractivity contribution < 1.29 is 19.4 Å². The zero-order valence-electron chi connectivity index (χ0n) is 12.0. The van der Waals surface area contributed by atoms with Crippen molar-refractivity contribution in [2.75, 3.05) is 33.4 Å². The summed E-state index contributed by atoms with van der Waals surface area (Å²) in [4.78, 5) is 26.0. The predicted molar refractivity (Wildman–Crippen MR) is 71.0 cm³/mol. The SMILES string of the molecule is CC(C)N(CC(=O)O)C(=O)N(C)CC1CCCOC1. The van der Waals surface area contributed by atoms with Gasteiger partial charge in [-0.2, -0.15) is 0 Å². The van der Waals surface area contributed by atoms with Crippen LogP contribution in [0.15, 0.2) is 0 Å². The molecule has 0 aromatic carbocycles. The Labute approximate surface area is 114 Å². The molecule has 0 aromatic heterocycles. The van der Waals surface area contributed by atoms with Crippen LogP contribution in [0.4, 0.5) is 4.79 Å². The lowest BCUT2D eigenvalue weighted by Crippen LogP contribution is -2.48. The van der Waals surface area contributed by atoms with Gasteiger partial charge in [-0.05, 0) is 26.7 Å². The number of amides is 2. The quantitative estimate of drug-likeness (QED) is 0.818. The molecule has 0 saturated carbocycles. The van der Waals surface area contributed by atoms with Gasteiger partial charge in [0.1, 0.15) is 6.54 Å². The molecule has 1 aliphatic heterocycles. The number of carbonyl (C=O) groups is 2. The van der Waals surface area contributed by atoms with E-state index in [9.17, 15) is 9.59 Å². The van der Waals surface area contributed by atoms with Gasteiger partial charge in [0.2, 0.25) is 0 Å². The third-order valence-electron chi connectivity index (χ3n) is 3.29. The minimum Gasteiger partial charge on any atom is -0.480 e. The van der Waals surface area contributed by atoms with E-state index < -0.39 is 5.97 Å². The van der Waals surface area contributed by atoms with E-state index in [2.05, 4.69) is 0 Å². The third kappa shape index (κ3) is 5.06. The smallest absolute Gasteiger partial charge is 0.323 e. The van der Waals surface area contributed by atoms with Crippen molar-refractivity contribution in [1.82, 2.24) is 9.80 Å². The van der Waals surface area contributed by atoms with Crippen molar-refractivity contribution in [2.45, 2.75) is 32.7 Å². The van der Waals surface area contributed by atoms with Crippen molar-refractivity contribution in [3.8, 4) is 0 Å². The van der Waals surface area contributed by atoms with Crippen LogP contribution in [0.25, 0.3) is 0 Å². The van der Waals surface area contributed by atoms with Gasteiger partial charge < -0.3 is 19.6 Å². The van der Waals surface area contributed by atoms with Gasteiger partial charge in [-0.25, -0.2) is 4.79 Å². The van der Waals surface area contributed by atoms with E-state index in [0.717, 1.165) is 19.4 Å². The molecule has 19 heavy (non-hydrogen) atoms. The second kappa shape index (κ2) is 7.33. The van der Waals surface area contributed by atoms with Crippen LogP contribution in [0.1, 0.15) is 26.7 Å². The summed E-state index contributed by atoms with van der Waals surface area (Å²) in [6.45, 7) is 5.46. The van der Waals surface area contributed by atoms with Crippen LogP contribution >= 0.6 is 0 Å². The lowest BCUT2D eigenvalue weighted by atomic mass is 10.0. The Bertz CT molecular complexity index is 314. The van der Waals surface area contributed by atoms with E-state index in [1.54, 1.807) is 11.9 Å². The van der Waals surface area contributed by atoms with Crippen LogP contribution in [0.3, 0.4) is 0 Å². The zero-order valence-corrected chi connectivity index (χ0v) is 12.0. The number of nitrogens with zero attached hydrogens (tertiary/aromatic N) is 2. The summed E-state index contributed by atoms with van der Waals surface area (Å²) in [6, 6.07) is -0.364. The summed E-state index contributed by atoms with van der Waals surface area (Å²) in [7, 11) is 1.72. The molecule has 1 aliphatic rings. The van der Waals surface area contributed by atoms with E-state index in [1.165, 1.54) is 4.90 Å². The Balaban J connectivity index is 2.54. The van der Waals surface area contributed by atoms with Crippen molar-refractivity contribution >= 4 is 12.0 Å². The first-order chi connectivity index (χ1) is 8.91. The van der Waals surface area contributed by atoms with Gasteiger partial charge in [-0.15, -0.1) is 0 Å². The Hall–Kier alpha value is -1.30. The van der Waals surface area contributed by atoms with Crippen molar-refractivity contribution in [3.05, 3.63) is 0 Å². The molecule has 1 atom stereocenters. The first kappa shape index (κ1) is 15.8. The number of hydrogen-bond acceptors (Lipinski definition) is 3. The molecular formula is C13H24N2O4. The van der Waals surface area contributed by atoms with E-state index in [-0.39, 0.29) is 18.6 Å². The molecule has 0 bridgehead atoms. The Morgan fingerprint density at radius 2 is 2.11 bits per heavy atom. The summed E-state index contributed by atoms with van der Waals surface area (Å²) in [5.41, 5.74) is 0. The van der Waals surface area contributed by atoms with E-state index >= 15 is 0 Å². The normalized spacial score (nSPS) is 19.3. The summed E-state index contributed by atoms with van der Waals surface area (Å²) in [5, 5.41) is 8.85. The third-order valence-corrected chi connectivity index (χ3v) is 3.29. The maximum absolute atomic E-state index is 12.2. The van der Waals surface area contributed by atoms with Crippen LogP contribution < -0.4 is 0 Å². The van der Waals surface area contributed by atoms with Crippen LogP contribution in [0, 0.1) is 5.92 Å². The van der Waals surface area contributed by atoms with Crippen LogP contribution in [0.5, 0.6) is 0 Å². The number of carboxylic acid groups (broad SMARTS) is 1. The first-order valence-corrected chi connectivity index (χ1v) is 6.73. The highest BCUT2D eigenvalue weighted by Gasteiger charge is 2.25. The van der Waals surface area contributed by atoms with Crippen molar-refractivity contribution in [2.24, 2.45) is 5.92 Å². The number of ether oxygens (including phenoxy) is 1. The van der Waals surface area contributed by atoms with Crippen LogP contribution in [-0.2, 0) is 9.53 Å². The number of rotatable bonds is 5. The summed E-state index contributed by atoms with van der Waals surface area (Å²) >= 11 is 0. The minimum atomic E-state index is -0.989. The number of aliphatic carboxylic acids is 1. The highest BCUT2D eigenvalue weighted by molar-refractivity contribution is 5.80. The molecule has 6 heteroatoms. The molecule has 2 amide bonds. The largest absolute Gasteiger partial charge is 0.480 e. The summed E-state index contributed by atoms with van der Waals surface area (Å²) in [5.74, 6) is -0.641. The molecule has 1 unspecified atom stereocenters. The average molecular weight is 272 g/mol. The maximum atomic E-state index is 12.2. The van der Waals surface area contributed by atoms with Crippen molar-refractivity contribution in [3.63, 3.8) is 0 Å². The number of carbonyl (C=O) groups excluding carboxylic acids is 1. The standard InChI is InChI=1S/C13H24N2O4/c1-10(2)15(8-12(16)17)13(18)14(3)7-11-5-4-6-19-9-11/h10-11H,4-9H2,1-3H3,(H,16,17). The zero-order chi connectivity index (χ0) is 14.4. The second-order valence-corrected chi connectivity index (χ2v) is 5.36. The lowest BCUT2D eigenvalue weighted by Gasteiger charge is -2.33. The minimum absolute atomic E-state index is 0.131. The van der Waals surface area contributed by atoms with E-state index in [4.69, 9.17) is 9.84 Å². The van der Waals surface area contributed by atoms with E-state index in [0.29, 0.717) is 19.1 Å². The molecule has 0 aromatic rings. The highest BCUT2D eigenvalue weighted by atomic mass is 16.5. The molecular weight excluding hydrogens is 248 g/mol. The average Bonchev–Trinajstić information content (AvgIpc) is 2.35. The number of urea groups is 1. The van der Waals surface area contributed by atoms with Gasteiger partial charge in [0, 0.05) is 32.2 Å². The Kier molecular flexibility index (Phi) is 6.08. The molecule has 110 valence electrons. The first-order valence-electron chi connectivity index (χ1n) is 6.73.